The van der Waals surface area contributed by atoms with E-state index in [-0.39, 0.29) is 6.04 Å². The minimum absolute atomic E-state index is 0.221. The molecule has 1 atom stereocenters. The van der Waals surface area contributed by atoms with Crippen molar-refractivity contribution in [1.29, 1.82) is 0 Å². The summed E-state index contributed by atoms with van der Waals surface area (Å²) in [6, 6.07) is 8.08. The van der Waals surface area contributed by atoms with Crippen molar-refractivity contribution in [3.8, 4) is 0 Å². The van der Waals surface area contributed by atoms with Gasteiger partial charge in [0, 0.05) is 17.6 Å². The van der Waals surface area contributed by atoms with Crippen molar-refractivity contribution >= 4 is 11.6 Å². The van der Waals surface area contributed by atoms with Crippen LogP contribution in [0.5, 0.6) is 0 Å². The third-order valence-corrected chi connectivity index (χ3v) is 3.86. The van der Waals surface area contributed by atoms with Crippen LogP contribution in [0.3, 0.4) is 0 Å². The molecular formula is C14H20ClNO. The van der Waals surface area contributed by atoms with Crippen LogP contribution in [0.15, 0.2) is 24.3 Å². The third kappa shape index (κ3) is 3.44. The largest absolute Gasteiger partial charge is 0.389 e. The standard InChI is InChI=1S/C14H20ClNO/c1-11(12-5-4-6-13(15)9-12)16-10-14(17)7-2-3-8-14/h4-6,9,11,16-17H,2-3,7-8,10H2,1H3. The van der Waals surface area contributed by atoms with Crippen LogP contribution in [0, 0.1) is 0 Å². The molecule has 1 fully saturated rings. The second-order valence-corrected chi connectivity index (χ2v) is 5.53. The zero-order valence-corrected chi connectivity index (χ0v) is 11.0. The molecule has 0 spiro atoms. The molecule has 0 saturated heterocycles. The molecule has 0 aliphatic heterocycles. The molecule has 3 heteroatoms. The third-order valence-electron chi connectivity index (χ3n) is 3.62. The Labute approximate surface area is 108 Å². The molecule has 2 N–H and O–H groups in total. The molecule has 1 aliphatic carbocycles. The summed E-state index contributed by atoms with van der Waals surface area (Å²) in [5.74, 6) is 0. The Morgan fingerprint density at radius 2 is 2.12 bits per heavy atom. The number of hydrogen-bond acceptors (Lipinski definition) is 2. The lowest BCUT2D eigenvalue weighted by Crippen LogP contribution is -2.39. The molecular weight excluding hydrogens is 234 g/mol. The Balaban J connectivity index is 1.91. The van der Waals surface area contributed by atoms with E-state index in [0.717, 1.165) is 30.7 Å². The topological polar surface area (TPSA) is 32.3 Å². The smallest absolute Gasteiger partial charge is 0.0771 e. The van der Waals surface area contributed by atoms with Crippen LogP contribution in [0.4, 0.5) is 0 Å². The molecule has 0 heterocycles. The first-order valence-corrected chi connectivity index (χ1v) is 6.68. The Hall–Kier alpha value is -0.570. The molecule has 0 aromatic heterocycles. The Morgan fingerprint density at radius 1 is 1.41 bits per heavy atom. The fourth-order valence-electron chi connectivity index (χ4n) is 2.45. The van der Waals surface area contributed by atoms with Crippen LogP contribution in [0.1, 0.15) is 44.2 Å². The van der Waals surface area contributed by atoms with E-state index in [1.807, 2.05) is 18.2 Å². The second-order valence-electron chi connectivity index (χ2n) is 5.09. The zero-order chi connectivity index (χ0) is 12.3. The molecule has 2 nitrogen and oxygen atoms in total. The Morgan fingerprint density at radius 3 is 2.76 bits per heavy atom. The minimum atomic E-state index is -0.493. The summed E-state index contributed by atoms with van der Waals surface area (Å²) in [4.78, 5) is 0. The molecule has 17 heavy (non-hydrogen) atoms. The lowest BCUT2D eigenvalue weighted by molar-refractivity contribution is 0.0453. The van der Waals surface area contributed by atoms with Gasteiger partial charge in [-0.05, 0) is 37.5 Å². The Kier molecular flexibility index (Phi) is 4.08. The van der Waals surface area contributed by atoms with Gasteiger partial charge in [-0.25, -0.2) is 0 Å². The normalized spacial score (nSPS) is 20.4. The molecule has 1 aliphatic rings. The minimum Gasteiger partial charge on any atom is -0.389 e. The summed E-state index contributed by atoms with van der Waals surface area (Å²) in [6.07, 6.45) is 4.12. The van der Waals surface area contributed by atoms with E-state index in [0.29, 0.717) is 6.54 Å². The van der Waals surface area contributed by atoms with Gasteiger partial charge in [-0.2, -0.15) is 0 Å². The van der Waals surface area contributed by atoms with E-state index >= 15 is 0 Å². The number of aliphatic hydroxyl groups is 1. The van der Waals surface area contributed by atoms with E-state index in [1.165, 1.54) is 5.56 Å². The van der Waals surface area contributed by atoms with Crippen molar-refractivity contribution in [3.05, 3.63) is 34.9 Å². The van der Waals surface area contributed by atoms with Crippen molar-refractivity contribution in [2.24, 2.45) is 0 Å². The van der Waals surface area contributed by atoms with Gasteiger partial charge in [0.25, 0.3) is 0 Å². The van der Waals surface area contributed by atoms with Gasteiger partial charge in [0.1, 0.15) is 0 Å². The summed E-state index contributed by atoms with van der Waals surface area (Å²) >= 11 is 5.97. The van der Waals surface area contributed by atoms with E-state index < -0.39 is 5.60 Å². The predicted octanol–water partition coefficient (Wildman–Crippen LogP) is 3.30. The van der Waals surface area contributed by atoms with Crippen molar-refractivity contribution in [2.75, 3.05) is 6.54 Å². The van der Waals surface area contributed by atoms with Crippen LogP contribution < -0.4 is 5.32 Å². The number of nitrogens with one attached hydrogen (secondary N) is 1. The number of halogens is 1. The molecule has 1 aromatic rings. The molecule has 0 amide bonds. The highest BCUT2D eigenvalue weighted by Gasteiger charge is 2.30. The highest BCUT2D eigenvalue weighted by atomic mass is 35.5. The maximum Gasteiger partial charge on any atom is 0.0771 e. The molecule has 2 rings (SSSR count). The van der Waals surface area contributed by atoms with Crippen molar-refractivity contribution < 1.29 is 5.11 Å². The van der Waals surface area contributed by atoms with Gasteiger partial charge in [-0.1, -0.05) is 36.6 Å². The van der Waals surface area contributed by atoms with Crippen LogP contribution >= 0.6 is 11.6 Å². The monoisotopic (exact) mass is 253 g/mol. The lowest BCUT2D eigenvalue weighted by atomic mass is 10.0. The summed E-state index contributed by atoms with van der Waals surface area (Å²) in [7, 11) is 0. The van der Waals surface area contributed by atoms with Crippen molar-refractivity contribution in [3.63, 3.8) is 0 Å². The maximum atomic E-state index is 10.3. The predicted molar refractivity (Wildman–Crippen MR) is 71.3 cm³/mol. The second kappa shape index (κ2) is 5.38. The summed E-state index contributed by atoms with van der Waals surface area (Å²) in [6.45, 7) is 2.77. The Bertz CT molecular complexity index is 374. The fourth-order valence-corrected chi connectivity index (χ4v) is 2.65. The summed E-state index contributed by atoms with van der Waals surface area (Å²) < 4.78 is 0. The zero-order valence-electron chi connectivity index (χ0n) is 10.2. The molecule has 94 valence electrons. The van der Waals surface area contributed by atoms with E-state index in [1.54, 1.807) is 0 Å². The van der Waals surface area contributed by atoms with Crippen LogP contribution in [-0.4, -0.2) is 17.3 Å². The first kappa shape index (κ1) is 12.9. The fraction of sp³-hybridized carbons (Fsp3) is 0.571. The number of rotatable bonds is 4. The number of benzene rings is 1. The SMILES string of the molecule is CC(NCC1(O)CCCC1)c1cccc(Cl)c1. The van der Waals surface area contributed by atoms with Gasteiger partial charge >= 0.3 is 0 Å². The average Bonchev–Trinajstić information content (AvgIpc) is 2.74. The first-order chi connectivity index (χ1) is 8.09. The maximum absolute atomic E-state index is 10.3. The van der Waals surface area contributed by atoms with Gasteiger partial charge in [0.2, 0.25) is 0 Å². The molecule has 0 radical (unpaired) electrons. The van der Waals surface area contributed by atoms with Gasteiger partial charge < -0.3 is 10.4 Å². The van der Waals surface area contributed by atoms with Crippen LogP contribution in [0.25, 0.3) is 0 Å². The highest BCUT2D eigenvalue weighted by molar-refractivity contribution is 6.30. The van der Waals surface area contributed by atoms with E-state index in [2.05, 4.69) is 18.3 Å². The van der Waals surface area contributed by atoms with Gasteiger partial charge in [-0.3, -0.25) is 0 Å². The first-order valence-electron chi connectivity index (χ1n) is 6.30. The number of hydrogen-bond donors (Lipinski definition) is 2. The van der Waals surface area contributed by atoms with E-state index in [4.69, 9.17) is 11.6 Å². The summed E-state index contributed by atoms with van der Waals surface area (Å²) in [5, 5.41) is 14.4. The van der Waals surface area contributed by atoms with Crippen LogP contribution in [-0.2, 0) is 0 Å². The molecule has 0 bridgehead atoms. The molecule has 1 unspecified atom stereocenters. The molecule has 1 saturated carbocycles. The highest BCUT2D eigenvalue weighted by Crippen LogP contribution is 2.29. The average molecular weight is 254 g/mol. The van der Waals surface area contributed by atoms with E-state index in [9.17, 15) is 5.11 Å². The van der Waals surface area contributed by atoms with Gasteiger partial charge in [0.15, 0.2) is 0 Å². The van der Waals surface area contributed by atoms with Crippen molar-refractivity contribution in [1.82, 2.24) is 5.32 Å². The van der Waals surface area contributed by atoms with Gasteiger partial charge in [0.05, 0.1) is 5.60 Å². The summed E-state index contributed by atoms with van der Waals surface area (Å²) in [5.41, 5.74) is 0.673. The molecule has 1 aromatic carbocycles. The van der Waals surface area contributed by atoms with Crippen LogP contribution in [0.2, 0.25) is 5.02 Å². The van der Waals surface area contributed by atoms with Gasteiger partial charge in [-0.15, -0.1) is 0 Å². The van der Waals surface area contributed by atoms with Crippen molar-refractivity contribution in [2.45, 2.75) is 44.2 Å². The lowest BCUT2D eigenvalue weighted by Gasteiger charge is -2.25. The quantitative estimate of drug-likeness (QED) is 0.863.